The molecule has 0 aliphatic heterocycles. The van der Waals surface area contributed by atoms with Crippen LogP contribution in [-0.2, 0) is 20.7 Å². The van der Waals surface area contributed by atoms with Crippen molar-refractivity contribution in [2.45, 2.75) is 6.42 Å². The molecule has 0 aliphatic rings. The van der Waals surface area contributed by atoms with E-state index in [4.69, 9.17) is 4.74 Å². The molecule has 3 amide bonds. The average molecular weight is 394 g/mol. The van der Waals surface area contributed by atoms with Crippen LogP contribution in [0.25, 0.3) is 6.08 Å². The molecule has 0 heterocycles. The lowest BCUT2D eigenvalue weighted by molar-refractivity contribution is -0.125. The lowest BCUT2D eigenvalue weighted by Gasteiger charge is -2.17. The largest absolute Gasteiger partial charge is 0.465 e. The van der Waals surface area contributed by atoms with E-state index >= 15 is 0 Å². The van der Waals surface area contributed by atoms with E-state index in [1.54, 1.807) is 30.3 Å². The van der Waals surface area contributed by atoms with Crippen LogP contribution in [0, 0.1) is 0 Å². The van der Waals surface area contributed by atoms with Gasteiger partial charge in [0.25, 0.3) is 5.91 Å². The summed E-state index contributed by atoms with van der Waals surface area (Å²) in [4.78, 5) is 48.2. The minimum Gasteiger partial charge on any atom is -0.465 e. The van der Waals surface area contributed by atoms with E-state index < -0.39 is 17.9 Å². The lowest BCUT2D eigenvalue weighted by Crippen LogP contribution is -2.44. The fourth-order valence-electron chi connectivity index (χ4n) is 2.62. The van der Waals surface area contributed by atoms with Crippen molar-refractivity contribution in [3.8, 4) is 0 Å². The van der Waals surface area contributed by atoms with Crippen LogP contribution < -0.4 is 5.32 Å². The maximum Gasteiger partial charge on any atom is 0.338 e. The van der Waals surface area contributed by atoms with Crippen LogP contribution in [0.3, 0.4) is 0 Å². The van der Waals surface area contributed by atoms with Gasteiger partial charge >= 0.3 is 12.0 Å². The topological polar surface area (TPSA) is 92.8 Å². The second-order valence-electron chi connectivity index (χ2n) is 5.99. The Balaban J connectivity index is 1.98. The van der Waals surface area contributed by atoms with Gasteiger partial charge in [0, 0.05) is 12.6 Å². The van der Waals surface area contributed by atoms with Crippen molar-refractivity contribution in [3.05, 3.63) is 77.4 Å². The van der Waals surface area contributed by atoms with E-state index in [1.165, 1.54) is 13.2 Å². The number of rotatable bonds is 8. The van der Waals surface area contributed by atoms with Gasteiger partial charge in [0.2, 0.25) is 0 Å². The molecule has 150 valence electrons. The number of urea groups is 1. The zero-order valence-electron chi connectivity index (χ0n) is 16.0. The minimum absolute atomic E-state index is 0.178. The number of hydrogen-bond acceptors (Lipinski definition) is 5. The SMILES string of the molecule is COC(=O)c1ccccc1CCNC(=O)N(CC=O)C(=O)/C=C/c1ccccc1. The van der Waals surface area contributed by atoms with Crippen molar-refractivity contribution in [2.24, 2.45) is 0 Å². The van der Waals surface area contributed by atoms with Crippen LogP contribution in [0.4, 0.5) is 4.79 Å². The van der Waals surface area contributed by atoms with Crippen LogP contribution in [0.2, 0.25) is 0 Å². The zero-order valence-corrected chi connectivity index (χ0v) is 16.0. The lowest BCUT2D eigenvalue weighted by atomic mass is 10.0. The Morgan fingerprint density at radius 2 is 1.72 bits per heavy atom. The number of aldehydes is 1. The predicted molar refractivity (Wildman–Crippen MR) is 108 cm³/mol. The molecule has 0 fully saturated rings. The van der Waals surface area contributed by atoms with Crippen molar-refractivity contribution in [1.82, 2.24) is 10.2 Å². The van der Waals surface area contributed by atoms with E-state index in [2.05, 4.69) is 5.32 Å². The third kappa shape index (κ3) is 6.42. The van der Waals surface area contributed by atoms with Gasteiger partial charge in [-0.15, -0.1) is 0 Å². The van der Waals surface area contributed by atoms with Crippen molar-refractivity contribution in [2.75, 3.05) is 20.2 Å². The Bertz CT molecular complexity index is 893. The zero-order chi connectivity index (χ0) is 21.1. The number of carbonyl (C=O) groups excluding carboxylic acids is 4. The summed E-state index contributed by atoms with van der Waals surface area (Å²) < 4.78 is 4.74. The predicted octanol–water partition coefficient (Wildman–Crippen LogP) is 2.47. The maximum absolute atomic E-state index is 12.4. The molecule has 0 radical (unpaired) electrons. The number of methoxy groups -OCH3 is 1. The monoisotopic (exact) mass is 394 g/mol. The molecule has 0 saturated heterocycles. The summed E-state index contributed by atoms with van der Waals surface area (Å²) in [5, 5.41) is 2.60. The van der Waals surface area contributed by atoms with Crippen molar-refractivity contribution in [1.29, 1.82) is 0 Å². The molecule has 7 heteroatoms. The molecule has 7 nitrogen and oxygen atoms in total. The highest BCUT2D eigenvalue weighted by molar-refractivity contribution is 6.03. The van der Waals surface area contributed by atoms with E-state index in [1.807, 2.05) is 30.3 Å². The van der Waals surface area contributed by atoms with Gasteiger partial charge in [0.15, 0.2) is 0 Å². The number of ether oxygens (including phenoxy) is 1. The van der Waals surface area contributed by atoms with Crippen LogP contribution in [0.5, 0.6) is 0 Å². The highest BCUT2D eigenvalue weighted by atomic mass is 16.5. The quantitative estimate of drug-likeness (QED) is 0.422. The van der Waals surface area contributed by atoms with Gasteiger partial charge in [-0.1, -0.05) is 48.5 Å². The average Bonchev–Trinajstić information content (AvgIpc) is 2.76. The van der Waals surface area contributed by atoms with Gasteiger partial charge in [-0.3, -0.25) is 9.69 Å². The molecule has 29 heavy (non-hydrogen) atoms. The van der Waals surface area contributed by atoms with E-state index in [-0.39, 0.29) is 13.1 Å². The Morgan fingerprint density at radius 3 is 2.41 bits per heavy atom. The van der Waals surface area contributed by atoms with Gasteiger partial charge in [-0.2, -0.15) is 0 Å². The number of carbonyl (C=O) groups is 4. The molecular formula is C22H22N2O5. The van der Waals surface area contributed by atoms with Gasteiger partial charge < -0.3 is 14.8 Å². The summed E-state index contributed by atoms with van der Waals surface area (Å²) in [7, 11) is 1.30. The van der Waals surface area contributed by atoms with Crippen LogP contribution in [0.15, 0.2) is 60.7 Å². The van der Waals surface area contributed by atoms with Gasteiger partial charge in [-0.25, -0.2) is 9.59 Å². The molecule has 0 spiro atoms. The first-order valence-electron chi connectivity index (χ1n) is 8.99. The number of imide groups is 1. The molecule has 2 aromatic rings. The normalized spacial score (nSPS) is 10.4. The van der Waals surface area contributed by atoms with Crippen LogP contribution in [0.1, 0.15) is 21.5 Å². The van der Waals surface area contributed by atoms with Gasteiger partial charge in [-0.05, 0) is 29.7 Å². The third-order valence-electron chi connectivity index (χ3n) is 4.08. The molecule has 0 aromatic heterocycles. The number of hydrogen-bond donors (Lipinski definition) is 1. The second-order valence-corrected chi connectivity index (χ2v) is 5.99. The standard InChI is InChI=1S/C22H22N2O5/c1-29-21(27)19-10-6-5-9-18(19)13-14-23-22(28)24(15-16-25)20(26)12-11-17-7-3-2-4-8-17/h2-12,16H,13-15H2,1H3,(H,23,28)/b12-11+. The molecule has 2 rings (SSSR count). The molecule has 0 atom stereocenters. The molecule has 0 bridgehead atoms. The highest BCUT2D eigenvalue weighted by Crippen LogP contribution is 2.10. The van der Waals surface area contributed by atoms with E-state index in [9.17, 15) is 19.2 Å². The first-order valence-corrected chi connectivity index (χ1v) is 8.99. The Morgan fingerprint density at radius 1 is 1.03 bits per heavy atom. The Hall–Kier alpha value is -3.74. The van der Waals surface area contributed by atoms with Crippen LogP contribution >= 0.6 is 0 Å². The Kier molecular flexibility index (Phi) is 8.31. The summed E-state index contributed by atoms with van der Waals surface area (Å²) >= 11 is 0. The fraction of sp³-hybridized carbons (Fsp3) is 0.182. The number of benzene rings is 2. The maximum atomic E-state index is 12.4. The summed E-state index contributed by atoms with van der Waals surface area (Å²) in [6.45, 7) is -0.180. The summed E-state index contributed by atoms with van der Waals surface area (Å²) in [5.41, 5.74) is 1.92. The molecule has 2 aromatic carbocycles. The fourth-order valence-corrected chi connectivity index (χ4v) is 2.62. The highest BCUT2D eigenvalue weighted by Gasteiger charge is 2.19. The molecule has 0 saturated carbocycles. The molecule has 0 unspecified atom stereocenters. The first-order chi connectivity index (χ1) is 14.1. The van der Waals surface area contributed by atoms with Crippen molar-refractivity contribution >= 4 is 30.3 Å². The van der Waals surface area contributed by atoms with Crippen LogP contribution in [-0.4, -0.2) is 49.3 Å². The summed E-state index contributed by atoms with van der Waals surface area (Å²) in [6, 6.07) is 15.3. The second kappa shape index (κ2) is 11.2. The van der Waals surface area contributed by atoms with Gasteiger partial charge in [0.05, 0.1) is 19.2 Å². The summed E-state index contributed by atoms with van der Waals surface area (Å²) in [5.74, 6) is -1.07. The van der Waals surface area contributed by atoms with Crippen molar-refractivity contribution < 1.29 is 23.9 Å². The molecular weight excluding hydrogens is 372 g/mol. The van der Waals surface area contributed by atoms with Gasteiger partial charge in [0.1, 0.15) is 6.29 Å². The smallest absolute Gasteiger partial charge is 0.338 e. The van der Waals surface area contributed by atoms with E-state index in [0.29, 0.717) is 23.8 Å². The van der Waals surface area contributed by atoms with E-state index in [0.717, 1.165) is 10.5 Å². The number of nitrogens with zero attached hydrogens (tertiary/aromatic N) is 1. The first kappa shape index (κ1) is 21.6. The minimum atomic E-state index is -0.685. The van der Waals surface area contributed by atoms with Crippen molar-refractivity contribution in [3.63, 3.8) is 0 Å². The number of amides is 3. The Labute approximate surface area is 169 Å². The molecule has 1 N–H and O–H groups in total. The number of nitrogens with one attached hydrogen (secondary N) is 1. The molecule has 0 aliphatic carbocycles. The summed E-state index contributed by atoms with van der Waals surface area (Å²) in [6.07, 6.45) is 3.66. The number of esters is 1. The third-order valence-corrected chi connectivity index (χ3v) is 4.08.